The summed E-state index contributed by atoms with van der Waals surface area (Å²) >= 11 is 0. The van der Waals surface area contributed by atoms with Gasteiger partial charge in [-0.15, -0.1) is 13.2 Å². The van der Waals surface area contributed by atoms with Crippen molar-refractivity contribution in [3.63, 3.8) is 0 Å². The van der Waals surface area contributed by atoms with E-state index in [1.807, 2.05) is 0 Å². The molecule has 0 saturated carbocycles. The smallest absolute Gasteiger partial charge is 0.358 e. The molecule has 0 heterocycles. The Labute approximate surface area is 44.2 Å². The van der Waals surface area contributed by atoms with E-state index in [1.54, 1.807) is 0 Å². The number of halogens is 3. The van der Waals surface area contributed by atoms with Crippen LogP contribution in [0.15, 0.2) is 0 Å². The van der Waals surface area contributed by atoms with Gasteiger partial charge in [0.25, 0.3) is 0 Å². The second-order valence-corrected chi connectivity index (χ2v) is 0.997. The van der Waals surface area contributed by atoms with E-state index >= 15 is 0 Å². The molecule has 0 aliphatic heterocycles. The van der Waals surface area contributed by atoms with Crippen LogP contribution in [0, 0.1) is 0 Å². The molecule has 0 unspecified atom stereocenters. The second-order valence-electron chi connectivity index (χ2n) is 0.997. The topological polar surface area (TPSA) is 18.5 Å². The predicted molar refractivity (Wildman–Crippen MR) is 19.0 cm³/mol. The summed E-state index contributed by atoms with van der Waals surface area (Å²) in [6, 6.07) is 0. The average Bonchev–Trinajstić information content (AvgIpc) is 1.59. The molecule has 0 spiro atoms. The maximum Gasteiger partial charge on any atom is 0.524 e. The van der Waals surface area contributed by atoms with E-state index in [1.165, 1.54) is 0 Å². The van der Waals surface area contributed by atoms with Crippen molar-refractivity contribution in [1.82, 2.24) is 0 Å². The summed E-state index contributed by atoms with van der Waals surface area (Å²) in [5.41, 5.74) is 0. The Kier molecular flexibility index (Phi) is 2.78. The van der Waals surface area contributed by atoms with Crippen molar-refractivity contribution in [2.45, 2.75) is 6.36 Å². The van der Waals surface area contributed by atoms with Gasteiger partial charge in [0.1, 0.15) is 0 Å². The minimum atomic E-state index is -4.57. The molecule has 0 rings (SSSR count). The van der Waals surface area contributed by atoms with Crippen LogP contribution in [-0.4, -0.2) is 20.3 Å². The van der Waals surface area contributed by atoms with E-state index in [-0.39, 0.29) is 0 Å². The van der Waals surface area contributed by atoms with Gasteiger partial charge in [0.2, 0.25) is 0 Å². The Hall–Kier alpha value is -0.290. The Morgan fingerprint density at radius 3 is 2.00 bits per heavy atom. The lowest BCUT2D eigenvalue weighted by atomic mass is 11.2. The molecule has 8 heavy (non-hydrogen) atoms. The number of alkyl halides is 3. The lowest BCUT2D eigenvalue weighted by molar-refractivity contribution is -0.347. The molecule has 0 aromatic carbocycles. The van der Waals surface area contributed by atoms with Gasteiger partial charge >= 0.3 is 6.36 Å². The summed E-state index contributed by atoms with van der Waals surface area (Å²) < 4.78 is 40.0. The highest BCUT2D eigenvalue weighted by Gasteiger charge is 2.28. The standard InChI is InChI=1S/C3H5F3O2/c1-7-2-8-3(4,5)6/h2H2,1H3. The molecule has 0 aliphatic carbocycles. The quantitative estimate of drug-likeness (QED) is 0.521. The summed E-state index contributed by atoms with van der Waals surface area (Å²) in [6.07, 6.45) is -4.57. The van der Waals surface area contributed by atoms with Gasteiger partial charge in [-0.2, -0.15) is 0 Å². The Balaban J connectivity index is 3.11. The van der Waals surface area contributed by atoms with Crippen molar-refractivity contribution in [1.29, 1.82) is 0 Å². The van der Waals surface area contributed by atoms with Crippen LogP contribution in [0.3, 0.4) is 0 Å². The first kappa shape index (κ1) is 7.71. The Morgan fingerprint density at radius 1 is 1.38 bits per heavy atom. The first-order valence-electron chi connectivity index (χ1n) is 1.76. The van der Waals surface area contributed by atoms with Crippen LogP contribution in [0.1, 0.15) is 0 Å². The summed E-state index contributed by atoms with van der Waals surface area (Å²) in [5, 5.41) is 0. The number of rotatable bonds is 2. The van der Waals surface area contributed by atoms with Crippen molar-refractivity contribution in [2.24, 2.45) is 0 Å². The molecule has 0 N–H and O–H groups in total. The Morgan fingerprint density at radius 2 is 1.88 bits per heavy atom. The van der Waals surface area contributed by atoms with Crippen LogP contribution in [0.25, 0.3) is 0 Å². The first-order valence-corrected chi connectivity index (χ1v) is 1.76. The highest BCUT2D eigenvalue weighted by molar-refractivity contribution is 4.18. The molecule has 5 heteroatoms. The minimum Gasteiger partial charge on any atom is -0.358 e. The summed E-state index contributed by atoms with van der Waals surface area (Å²) in [7, 11) is 1.12. The zero-order chi connectivity index (χ0) is 6.62. The largest absolute Gasteiger partial charge is 0.524 e. The third-order valence-corrected chi connectivity index (χ3v) is 0.340. The number of hydrogen-bond acceptors (Lipinski definition) is 2. The molecule has 0 radical (unpaired) electrons. The number of methoxy groups -OCH3 is 1. The molecule has 2 nitrogen and oxygen atoms in total. The highest BCUT2D eigenvalue weighted by atomic mass is 19.4. The first-order chi connectivity index (χ1) is 3.56. The van der Waals surface area contributed by atoms with Crippen molar-refractivity contribution >= 4 is 0 Å². The second kappa shape index (κ2) is 2.88. The van der Waals surface area contributed by atoms with E-state index in [0.29, 0.717) is 0 Å². The van der Waals surface area contributed by atoms with Gasteiger partial charge in [-0.25, -0.2) is 0 Å². The molecule has 0 fully saturated rings. The fourth-order valence-electron chi connectivity index (χ4n) is 0.126. The molecule has 0 saturated heterocycles. The van der Waals surface area contributed by atoms with Gasteiger partial charge in [-0.05, 0) is 0 Å². The monoisotopic (exact) mass is 130 g/mol. The molecule has 0 amide bonds. The fourth-order valence-corrected chi connectivity index (χ4v) is 0.126. The third kappa shape index (κ3) is 5.71. The van der Waals surface area contributed by atoms with Gasteiger partial charge in [-0.3, -0.25) is 4.74 Å². The van der Waals surface area contributed by atoms with Crippen LogP contribution in [0.5, 0.6) is 0 Å². The zero-order valence-corrected chi connectivity index (χ0v) is 4.16. The van der Waals surface area contributed by atoms with Gasteiger partial charge in [0.15, 0.2) is 6.79 Å². The van der Waals surface area contributed by atoms with Gasteiger partial charge < -0.3 is 4.74 Å². The van der Waals surface area contributed by atoms with E-state index in [2.05, 4.69) is 9.47 Å². The maximum atomic E-state index is 10.9. The Bertz CT molecular complexity index is 60.0. The lowest BCUT2D eigenvalue weighted by Crippen LogP contribution is -2.14. The SMILES string of the molecule is COCOC(F)(F)F. The van der Waals surface area contributed by atoms with E-state index in [9.17, 15) is 13.2 Å². The van der Waals surface area contributed by atoms with Crippen LogP contribution in [0.4, 0.5) is 13.2 Å². The third-order valence-electron chi connectivity index (χ3n) is 0.340. The maximum absolute atomic E-state index is 10.9. The van der Waals surface area contributed by atoms with Gasteiger partial charge in [-0.1, -0.05) is 0 Å². The van der Waals surface area contributed by atoms with E-state index in [0.717, 1.165) is 7.11 Å². The zero-order valence-electron chi connectivity index (χ0n) is 4.16. The van der Waals surface area contributed by atoms with Gasteiger partial charge in [0, 0.05) is 7.11 Å². The summed E-state index contributed by atoms with van der Waals surface area (Å²) in [4.78, 5) is 0. The predicted octanol–water partition coefficient (Wildman–Crippen LogP) is 1.13. The normalized spacial score (nSPS) is 12.0. The summed E-state index contributed by atoms with van der Waals surface area (Å²) in [6.45, 7) is -0.747. The lowest BCUT2D eigenvalue weighted by Gasteiger charge is -2.03. The van der Waals surface area contributed by atoms with Gasteiger partial charge in [0.05, 0.1) is 0 Å². The van der Waals surface area contributed by atoms with E-state index < -0.39 is 13.2 Å². The van der Waals surface area contributed by atoms with Crippen molar-refractivity contribution < 1.29 is 22.6 Å². The van der Waals surface area contributed by atoms with Crippen LogP contribution in [0.2, 0.25) is 0 Å². The fraction of sp³-hybridized carbons (Fsp3) is 1.00. The molecule has 0 aromatic heterocycles. The minimum absolute atomic E-state index is 0.747. The van der Waals surface area contributed by atoms with Crippen molar-refractivity contribution in [2.75, 3.05) is 13.9 Å². The highest BCUT2D eigenvalue weighted by Crippen LogP contribution is 2.15. The molecule has 0 aromatic rings. The number of hydrogen-bond donors (Lipinski definition) is 0. The van der Waals surface area contributed by atoms with Crippen LogP contribution < -0.4 is 0 Å². The van der Waals surface area contributed by atoms with Crippen LogP contribution in [-0.2, 0) is 9.47 Å². The summed E-state index contributed by atoms with van der Waals surface area (Å²) in [5.74, 6) is 0. The number of ether oxygens (including phenoxy) is 2. The van der Waals surface area contributed by atoms with Crippen molar-refractivity contribution in [3.05, 3.63) is 0 Å². The molecule has 0 aliphatic rings. The van der Waals surface area contributed by atoms with Crippen LogP contribution >= 0.6 is 0 Å². The molecular formula is C3H5F3O2. The van der Waals surface area contributed by atoms with E-state index in [4.69, 9.17) is 0 Å². The molecule has 0 atom stereocenters. The van der Waals surface area contributed by atoms with Crippen molar-refractivity contribution in [3.8, 4) is 0 Å². The molecule has 0 bridgehead atoms. The molecular weight excluding hydrogens is 125 g/mol. The molecule has 50 valence electrons. The average molecular weight is 130 g/mol.